The number of carbonyl (C=O) groups is 1. The van der Waals surface area contributed by atoms with Gasteiger partial charge in [0.25, 0.3) is 11.6 Å². The van der Waals surface area contributed by atoms with E-state index in [1.165, 1.54) is 6.07 Å². The molecule has 1 unspecified atom stereocenters. The van der Waals surface area contributed by atoms with Gasteiger partial charge in [0.15, 0.2) is 0 Å². The number of hydrogen-bond donors (Lipinski definition) is 1. The van der Waals surface area contributed by atoms with E-state index in [2.05, 4.69) is 19.2 Å². The third kappa shape index (κ3) is 3.33. The Morgan fingerprint density at radius 3 is 2.31 bits per heavy atom. The summed E-state index contributed by atoms with van der Waals surface area (Å²) in [4.78, 5) is 26.2. The molecule has 0 aliphatic carbocycles. The van der Waals surface area contributed by atoms with Crippen molar-refractivity contribution in [2.24, 2.45) is 0 Å². The Morgan fingerprint density at radius 2 is 1.62 bits per heavy atom. The maximum atomic E-state index is 13.4. The van der Waals surface area contributed by atoms with Crippen LogP contribution in [0.5, 0.6) is 0 Å². The number of nitro benzene ring substituents is 1. The monoisotopic (exact) mass is 387 g/mol. The summed E-state index contributed by atoms with van der Waals surface area (Å²) in [6.45, 7) is 4.21. The lowest BCUT2D eigenvalue weighted by Crippen LogP contribution is -2.43. The summed E-state index contributed by atoms with van der Waals surface area (Å²) in [5, 5.41) is 15.0. The molecule has 1 aliphatic rings. The molecular formula is C23H21N3O3. The summed E-state index contributed by atoms with van der Waals surface area (Å²) in [5.74, 6) is 0.172. The van der Waals surface area contributed by atoms with Crippen LogP contribution in [0.3, 0.4) is 0 Å². The number of anilines is 2. The quantitative estimate of drug-likeness (QED) is 0.474. The molecule has 6 heteroatoms. The van der Waals surface area contributed by atoms with E-state index >= 15 is 0 Å². The van der Waals surface area contributed by atoms with Gasteiger partial charge in [0.05, 0.1) is 16.1 Å². The molecule has 0 saturated carbocycles. The number of carbonyl (C=O) groups excluding carboxylic acids is 1. The van der Waals surface area contributed by atoms with Gasteiger partial charge >= 0.3 is 0 Å². The van der Waals surface area contributed by atoms with Crippen molar-refractivity contribution in [3.05, 3.63) is 99.6 Å². The Balaban J connectivity index is 1.87. The summed E-state index contributed by atoms with van der Waals surface area (Å²) in [6.07, 6.45) is -0.691. The molecule has 1 amide bonds. The van der Waals surface area contributed by atoms with Crippen LogP contribution in [0.15, 0.2) is 72.8 Å². The van der Waals surface area contributed by atoms with E-state index in [0.717, 1.165) is 5.56 Å². The summed E-state index contributed by atoms with van der Waals surface area (Å²) >= 11 is 0. The second-order valence-corrected chi connectivity index (χ2v) is 7.33. The molecule has 1 heterocycles. The third-order valence-electron chi connectivity index (χ3n) is 5.19. The van der Waals surface area contributed by atoms with Crippen LogP contribution in [-0.2, 0) is 0 Å². The van der Waals surface area contributed by atoms with Gasteiger partial charge in [-0.3, -0.25) is 19.8 Å². The van der Waals surface area contributed by atoms with Crippen molar-refractivity contribution < 1.29 is 9.72 Å². The van der Waals surface area contributed by atoms with Crippen LogP contribution in [0.2, 0.25) is 0 Å². The van der Waals surface area contributed by atoms with Gasteiger partial charge in [0.1, 0.15) is 6.17 Å². The average Bonchev–Trinajstić information content (AvgIpc) is 2.73. The molecule has 29 heavy (non-hydrogen) atoms. The number of rotatable bonds is 4. The van der Waals surface area contributed by atoms with Crippen molar-refractivity contribution in [3.63, 3.8) is 0 Å². The first-order valence-corrected chi connectivity index (χ1v) is 9.50. The molecule has 6 nitrogen and oxygen atoms in total. The highest BCUT2D eigenvalue weighted by atomic mass is 16.6. The van der Waals surface area contributed by atoms with Crippen LogP contribution < -0.4 is 10.2 Å². The number of nitrogens with zero attached hydrogens (tertiary/aromatic N) is 2. The molecule has 3 aromatic carbocycles. The Labute approximate surface area is 168 Å². The molecule has 4 rings (SSSR count). The lowest BCUT2D eigenvalue weighted by Gasteiger charge is -2.38. The topological polar surface area (TPSA) is 75.5 Å². The highest BCUT2D eigenvalue weighted by Gasteiger charge is 2.37. The Morgan fingerprint density at radius 1 is 0.966 bits per heavy atom. The van der Waals surface area contributed by atoms with E-state index in [1.54, 1.807) is 29.2 Å². The number of amides is 1. The van der Waals surface area contributed by atoms with E-state index in [-0.39, 0.29) is 11.6 Å². The standard InChI is InChI=1S/C23H21N3O3/c1-15(2)16-11-13-17(14-12-16)25-22(19-8-4-6-10-21(19)26(28)29)24-20-9-5-3-7-18(20)23(25)27/h3-15,22,24H,1-2H3. The molecule has 3 aromatic rings. The molecule has 0 fully saturated rings. The predicted molar refractivity (Wildman–Crippen MR) is 113 cm³/mol. The van der Waals surface area contributed by atoms with Gasteiger partial charge in [-0.1, -0.05) is 50.2 Å². The molecule has 146 valence electrons. The second-order valence-electron chi connectivity index (χ2n) is 7.33. The fraction of sp³-hybridized carbons (Fsp3) is 0.174. The lowest BCUT2D eigenvalue weighted by molar-refractivity contribution is -0.385. The van der Waals surface area contributed by atoms with Gasteiger partial charge in [0, 0.05) is 17.4 Å². The third-order valence-corrected chi connectivity index (χ3v) is 5.19. The van der Waals surface area contributed by atoms with Gasteiger partial charge in [-0.25, -0.2) is 0 Å². The SMILES string of the molecule is CC(C)c1ccc(N2C(=O)c3ccccc3NC2c2ccccc2[N+](=O)[O-])cc1. The van der Waals surface area contributed by atoms with E-state index in [0.29, 0.717) is 28.4 Å². The van der Waals surface area contributed by atoms with Crippen LogP contribution in [0.1, 0.15) is 47.4 Å². The second kappa shape index (κ2) is 7.39. The van der Waals surface area contributed by atoms with Gasteiger partial charge in [0.2, 0.25) is 0 Å². The number of para-hydroxylation sites is 2. The van der Waals surface area contributed by atoms with Crippen molar-refractivity contribution in [3.8, 4) is 0 Å². The van der Waals surface area contributed by atoms with Crippen LogP contribution in [0.25, 0.3) is 0 Å². The van der Waals surface area contributed by atoms with Crippen LogP contribution >= 0.6 is 0 Å². The largest absolute Gasteiger partial charge is 0.360 e. The predicted octanol–water partition coefficient (Wildman–Crippen LogP) is 5.49. The smallest absolute Gasteiger partial charge is 0.276 e. The molecule has 0 bridgehead atoms. The molecule has 0 spiro atoms. The van der Waals surface area contributed by atoms with Crippen molar-refractivity contribution >= 4 is 23.0 Å². The van der Waals surface area contributed by atoms with E-state index < -0.39 is 11.1 Å². The highest BCUT2D eigenvalue weighted by Crippen LogP contribution is 2.39. The highest BCUT2D eigenvalue weighted by molar-refractivity contribution is 6.12. The van der Waals surface area contributed by atoms with Gasteiger partial charge < -0.3 is 5.32 Å². The minimum atomic E-state index is -0.691. The van der Waals surface area contributed by atoms with E-state index in [9.17, 15) is 14.9 Å². The maximum absolute atomic E-state index is 13.4. The summed E-state index contributed by atoms with van der Waals surface area (Å²) in [7, 11) is 0. The van der Waals surface area contributed by atoms with Gasteiger partial charge in [-0.05, 0) is 41.8 Å². The first-order chi connectivity index (χ1) is 14.0. The zero-order valence-electron chi connectivity index (χ0n) is 16.2. The first kappa shape index (κ1) is 18.7. The van der Waals surface area contributed by atoms with Crippen molar-refractivity contribution in [1.82, 2.24) is 0 Å². The molecule has 1 aliphatic heterocycles. The summed E-state index contributed by atoms with van der Waals surface area (Å²) in [6, 6.07) is 21.5. The van der Waals surface area contributed by atoms with E-state index in [1.807, 2.05) is 42.5 Å². The summed E-state index contributed by atoms with van der Waals surface area (Å²) < 4.78 is 0. The molecule has 0 radical (unpaired) electrons. The number of nitro groups is 1. The molecule has 0 aromatic heterocycles. The number of benzene rings is 3. The zero-order chi connectivity index (χ0) is 20.5. The number of nitrogens with one attached hydrogen (secondary N) is 1. The zero-order valence-corrected chi connectivity index (χ0v) is 16.2. The maximum Gasteiger partial charge on any atom is 0.276 e. The van der Waals surface area contributed by atoms with Crippen molar-refractivity contribution in [2.45, 2.75) is 25.9 Å². The fourth-order valence-electron chi connectivity index (χ4n) is 3.64. The van der Waals surface area contributed by atoms with Crippen LogP contribution in [-0.4, -0.2) is 10.8 Å². The van der Waals surface area contributed by atoms with Crippen molar-refractivity contribution in [2.75, 3.05) is 10.2 Å². The Bertz CT molecular complexity index is 1080. The molecule has 1 atom stereocenters. The lowest BCUT2D eigenvalue weighted by atomic mass is 9.99. The normalized spacial score (nSPS) is 15.8. The Kier molecular flexibility index (Phi) is 4.76. The summed E-state index contributed by atoms with van der Waals surface area (Å²) in [5.41, 5.74) is 3.46. The van der Waals surface area contributed by atoms with Gasteiger partial charge in [-0.15, -0.1) is 0 Å². The number of hydrogen-bond acceptors (Lipinski definition) is 4. The number of fused-ring (bicyclic) bond motifs is 1. The van der Waals surface area contributed by atoms with Crippen LogP contribution in [0, 0.1) is 10.1 Å². The van der Waals surface area contributed by atoms with Crippen LogP contribution in [0.4, 0.5) is 17.1 Å². The average molecular weight is 387 g/mol. The van der Waals surface area contributed by atoms with E-state index in [4.69, 9.17) is 0 Å². The van der Waals surface area contributed by atoms with Crippen molar-refractivity contribution in [1.29, 1.82) is 0 Å². The minimum Gasteiger partial charge on any atom is -0.360 e. The van der Waals surface area contributed by atoms with Gasteiger partial charge in [-0.2, -0.15) is 0 Å². The Hall–Kier alpha value is -3.67. The fourth-order valence-corrected chi connectivity index (χ4v) is 3.64. The molecule has 1 N–H and O–H groups in total. The minimum absolute atomic E-state index is 0.0269. The molecule has 0 saturated heterocycles. The first-order valence-electron chi connectivity index (χ1n) is 9.50. The molecular weight excluding hydrogens is 366 g/mol.